The van der Waals surface area contributed by atoms with E-state index in [1.807, 2.05) is 13.0 Å². The molecule has 2 N–H and O–H groups in total. The molecule has 1 amide bonds. The van der Waals surface area contributed by atoms with Crippen molar-refractivity contribution in [3.8, 4) is 6.07 Å². The molecule has 1 aromatic heterocycles. The van der Waals surface area contributed by atoms with Crippen LogP contribution in [0.1, 0.15) is 31.0 Å². The van der Waals surface area contributed by atoms with Crippen LogP contribution in [-0.4, -0.2) is 23.5 Å². The van der Waals surface area contributed by atoms with E-state index >= 15 is 0 Å². The number of fused-ring (bicyclic) bond motifs is 1. The van der Waals surface area contributed by atoms with E-state index in [2.05, 4.69) is 35.5 Å². The monoisotopic (exact) mass is 284 g/mol. The number of nitriles is 1. The number of hydrogen-bond donors (Lipinski definition) is 2. The predicted octanol–water partition coefficient (Wildman–Crippen LogP) is 1.31. The van der Waals surface area contributed by atoms with Crippen LogP contribution in [0.4, 0.5) is 0 Å². The zero-order chi connectivity index (χ0) is 15.2. The van der Waals surface area contributed by atoms with Crippen molar-refractivity contribution in [2.45, 2.75) is 32.9 Å². The molecule has 0 spiro atoms. The summed E-state index contributed by atoms with van der Waals surface area (Å²) in [5.41, 5.74) is 1.94. The van der Waals surface area contributed by atoms with E-state index in [9.17, 15) is 10.1 Å². The maximum absolute atomic E-state index is 12.5. The van der Waals surface area contributed by atoms with Crippen LogP contribution in [0.25, 0.3) is 0 Å². The average Bonchev–Trinajstić information content (AvgIpc) is 2.83. The van der Waals surface area contributed by atoms with Gasteiger partial charge in [0.15, 0.2) is 0 Å². The second kappa shape index (κ2) is 4.81. The molecule has 0 bridgehead atoms. The first-order valence-electron chi connectivity index (χ1n) is 7.30. The number of nitrogens with one attached hydrogen (secondary N) is 2. The second-order valence-electron chi connectivity index (χ2n) is 6.71. The number of piperidine rings is 1. The van der Waals surface area contributed by atoms with Gasteiger partial charge in [-0.15, -0.1) is 0 Å². The van der Waals surface area contributed by atoms with Gasteiger partial charge >= 0.3 is 0 Å². The molecule has 1 aliphatic heterocycles. The molecule has 1 saturated carbocycles. The van der Waals surface area contributed by atoms with Gasteiger partial charge in [-0.1, -0.05) is 13.8 Å². The third-order valence-electron chi connectivity index (χ3n) is 4.98. The highest BCUT2D eigenvalue weighted by Gasteiger charge is 2.65. The van der Waals surface area contributed by atoms with Crippen LogP contribution in [0, 0.1) is 35.5 Å². The van der Waals surface area contributed by atoms with Crippen molar-refractivity contribution in [3.05, 3.63) is 29.6 Å². The number of rotatable bonds is 3. The number of nitrogens with zero attached hydrogens (tertiary/aromatic N) is 2. The molecule has 110 valence electrons. The normalized spacial score (nSPS) is 30.1. The number of aromatic nitrogens is 1. The first-order chi connectivity index (χ1) is 9.95. The van der Waals surface area contributed by atoms with Gasteiger partial charge in [0.1, 0.15) is 6.04 Å². The topological polar surface area (TPSA) is 77.8 Å². The summed E-state index contributed by atoms with van der Waals surface area (Å²) in [6, 6.07) is 3.20. The van der Waals surface area contributed by atoms with Gasteiger partial charge in [0.05, 0.1) is 12.1 Å². The molecular formula is C16H20N4O. The lowest BCUT2D eigenvalue weighted by Crippen LogP contribution is -2.45. The van der Waals surface area contributed by atoms with E-state index in [1.165, 1.54) is 0 Å². The minimum atomic E-state index is -0.646. The van der Waals surface area contributed by atoms with Gasteiger partial charge in [-0.2, -0.15) is 5.26 Å². The third kappa shape index (κ3) is 2.30. The number of amides is 1. The van der Waals surface area contributed by atoms with Crippen LogP contribution in [0.15, 0.2) is 18.5 Å². The molecule has 4 unspecified atom stereocenters. The van der Waals surface area contributed by atoms with Gasteiger partial charge in [-0.3, -0.25) is 9.78 Å². The van der Waals surface area contributed by atoms with Gasteiger partial charge in [0.25, 0.3) is 0 Å². The molecule has 1 saturated heterocycles. The fourth-order valence-electron chi connectivity index (χ4n) is 3.63. The van der Waals surface area contributed by atoms with Crippen LogP contribution in [-0.2, 0) is 4.79 Å². The molecule has 2 aliphatic rings. The lowest BCUT2D eigenvalue weighted by atomic mass is 10.0. The summed E-state index contributed by atoms with van der Waals surface area (Å²) in [5, 5.41) is 15.4. The third-order valence-corrected chi connectivity index (χ3v) is 4.98. The fraction of sp³-hybridized carbons (Fsp3) is 0.562. The number of aryl methyl sites for hydroxylation is 1. The Kier molecular flexibility index (Phi) is 3.22. The number of hydrogen-bond acceptors (Lipinski definition) is 4. The molecule has 5 heteroatoms. The molecule has 2 heterocycles. The fourth-order valence-corrected chi connectivity index (χ4v) is 3.63. The van der Waals surface area contributed by atoms with Crippen molar-refractivity contribution in [2.75, 3.05) is 6.54 Å². The first kappa shape index (κ1) is 14.0. The summed E-state index contributed by atoms with van der Waals surface area (Å²) in [4.78, 5) is 16.5. The van der Waals surface area contributed by atoms with Crippen molar-refractivity contribution in [1.82, 2.24) is 15.6 Å². The molecule has 0 radical (unpaired) electrons. The summed E-state index contributed by atoms with van der Waals surface area (Å²) >= 11 is 0. The van der Waals surface area contributed by atoms with Crippen LogP contribution >= 0.6 is 0 Å². The average molecular weight is 284 g/mol. The van der Waals surface area contributed by atoms with E-state index in [4.69, 9.17) is 0 Å². The van der Waals surface area contributed by atoms with Gasteiger partial charge in [0.2, 0.25) is 5.91 Å². The van der Waals surface area contributed by atoms with Gasteiger partial charge in [0, 0.05) is 18.0 Å². The van der Waals surface area contributed by atoms with E-state index in [0.717, 1.165) is 17.7 Å². The van der Waals surface area contributed by atoms with Crippen LogP contribution in [0.5, 0.6) is 0 Å². The van der Waals surface area contributed by atoms with Crippen molar-refractivity contribution in [2.24, 2.45) is 17.3 Å². The van der Waals surface area contributed by atoms with Crippen molar-refractivity contribution in [1.29, 1.82) is 5.26 Å². The molecule has 5 nitrogen and oxygen atoms in total. The minimum Gasteiger partial charge on any atom is -0.335 e. The first-order valence-corrected chi connectivity index (χ1v) is 7.30. The Balaban J connectivity index is 1.71. The Hall–Kier alpha value is -1.93. The van der Waals surface area contributed by atoms with E-state index in [-0.39, 0.29) is 17.4 Å². The molecule has 1 aromatic rings. The Bertz CT molecular complexity index is 619. The SMILES string of the molecule is Cc1cncc(C(C#N)NC(=O)C2NCC3C2C3(C)C)c1. The molecule has 0 aromatic carbocycles. The van der Waals surface area contributed by atoms with Crippen LogP contribution in [0.3, 0.4) is 0 Å². The van der Waals surface area contributed by atoms with Crippen molar-refractivity contribution >= 4 is 5.91 Å². The maximum atomic E-state index is 12.5. The van der Waals surface area contributed by atoms with E-state index < -0.39 is 6.04 Å². The largest absolute Gasteiger partial charge is 0.335 e. The summed E-state index contributed by atoms with van der Waals surface area (Å²) in [6.07, 6.45) is 3.36. The highest BCUT2D eigenvalue weighted by atomic mass is 16.2. The van der Waals surface area contributed by atoms with E-state index in [0.29, 0.717) is 11.8 Å². The van der Waals surface area contributed by atoms with Crippen molar-refractivity contribution in [3.63, 3.8) is 0 Å². The molecule has 1 aliphatic carbocycles. The quantitative estimate of drug-likeness (QED) is 0.877. The highest BCUT2D eigenvalue weighted by molar-refractivity contribution is 5.84. The Labute approximate surface area is 124 Å². The second-order valence-corrected chi connectivity index (χ2v) is 6.71. The standard InChI is InChI=1S/C16H20N4O/c1-9-4-10(7-18-6-9)12(5-17)20-15(21)14-13-11(8-19-14)16(13,2)3/h4,6-7,11-14,19H,8H2,1-3H3,(H,20,21). The lowest BCUT2D eigenvalue weighted by molar-refractivity contribution is -0.124. The maximum Gasteiger partial charge on any atom is 0.238 e. The lowest BCUT2D eigenvalue weighted by Gasteiger charge is -2.20. The highest BCUT2D eigenvalue weighted by Crippen LogP contribution is 2.62. The summed E-state index contributed by atoms with van der Waals surface area (Å²) in [6.45, 7) is 7.22. The van der Waals surface area contributed by atoms with Crippen LogP contribution < -0.4 is 10.6 Å². The number of pyridine rings is 1. The van der Waals surface area contributed by atoms with E-state index in [1.54, 1.807) is 12.4 Å². The number of carbonyl (C=O) groups excluding carboxylic acids is 1. The van der Waals surface area contributed by atoms with Crippen LogP contribution in [0.2, 0.25) is 0 Å². The molecule has 3 rings (SSSR count). The van der Waals surface area contributed by atoms with Gasteiger partial charge in [-0.05, 0) is 42.3 Å². The van der Waals surface area contributed by atoms with Crippen molar-refractivity contribution < 1.29 is 4.79 Å². The Morgan fingerprint density at radius 1 is 1.57 bits per heavy atom. The zero-order valence-electron chi connectivity index (χ0n) is 12.6. The molecule has 2 fully saturated rings. The summed E-state index contributed by atoms with van der Waals surface area (Å²) in [7, 11) is 0. The minimum absolute atomic E-state index is 0.0823. The zero-order valence-corrected chi connectivity index (χ0v) is 12.6. The Morgan fingerprint density at radius 3 is 2.90 bits per heavy atom. The van der Waals surface area contributed by atoms with Gasteiger partial charge < -0.3 is 10.6 Å². The smallest absolute Gasteiger partial charge is 0.238 e. The molecule has 21 heavy (non-hydrogen) atoms. The molecule has 4 atom stereocenters. The summed E-state index contributed by atoms with van der Waals surface area (Å²) < 4.78 is 0. The van der Waals surface area contributed by atoms with Gasteiger partial charge in [-0.25, -0.2) is 0 Å². The Morgan fingerprint density at radius 2 is 2.33 bits per heavy atom. The number of carbonyl (C=O) groups is 1. The molecular weight excluding hydrogens is 264 g/mol. The summed E-state index contributed by atoms with van der Waals surface area (Å²) in [5.74, 6) is 0.878. The predicted molar refractivity (Wildman–Crippen MR) is 78.0 cm³/mol.